The Bertz CT molecular complexity index is 333. The number of carboxylic acid groups (broad SMARTS) is 1. The van der Waals surface area contributed by atoms with Gasteiger partial charge >= 0.3 is 12.1 Å². The maximum absolute atomic E-state index is 11.5. The van der Waals surface area contributed by atoms with Gasteiger partial charge in [-0.15, -0.1) is 0 Å². The van der Waals surface area contributed by atoms with Crippen LogP contribution in [0, 0.1) is 0 Å². The van der Waals surface area contributed by atoms with Crippen LogP contribution in [0.3, 0.4) is 0 Å². The van der Waals surface area contributed by atoms with Gasteiger partial charge in [-0.05, 0) is 20.8 Å². The third-order valence-corrected chi connectivity index (χ3v) is 1.89. The van der Waals surface area contributed by atoms with Gasteiger partial charge in [0.1, 0.15) is 0 Å². The van der Waals surface area contributed by atoms with Crippen molar-refractivity contribution < 1.29 is 24.2 Å². The van der Waals surface area contributed by atoms with Crippen LogP contribution in [0.15, 0.2) is 0 Å². The summed E-state index contributed by atoms with van der Waals surface area (Å²) >= 11 is 0. The number of hydrogen-bond donors (Lipinski definition) is 2. The van der Waals surface area contributed by atoms with E-state index in [4.69, 9.17) is 5.11 Å². The molecule has 0 aromatic rings. The highest BCUT2D eigenvalue weighted by molar-refractivity contribution is 6.01. The van der Waals surface area contributed by atoms with Crippen molar-refractivity contribution in [1.82, 2.24) is 10.2 Å². The Morgan fingerprint density at radius 3 is 2.44 bits per heavy atom. The number of ether oxygens (including phenoxy) is 1. The molecule has 0 radical (unpaired) electrons. The highest BCUT2D eigenvalue weighted by Crippen LogP contribution is 2.17. The number of nitrogens with one attached hydrogen (secondary N) is 1. The molecule has 16 heavy (non-hydrogen) atoms. The topological polar surface area (TPSA) is 95.9 Å². The number of hydrogen-bond acceptors (Lipinski definition) is 5. The Hall–Kier alpha value is -1.63. The van der Waals surface area contributed by atoms with Gasteiger partial charge in [0.25, 0.3) is 6.23 Å². The summed E-state index contributed by atoms with van der Waals surface area (Å²) in [4.78, 5) is 33.5. The van der Waals surface area contributed by atoms with Crippen molar-refractivity contribution in [2.24, 2.45) is 0 Å². The average molecular weight is 230 g/mol. The molecule has 90 valence electrons. The van der Waals surface area contributed by atoms with Crippen molar-refractivity contribution in [3.63, 3.8) is 0 Å². The van der Waals surface area contributed by atoms with E-state index in [-0.39, 0.29) is 12.1 Å². The summed E-state index contributed by atoms with van der Waals surface area (Å²) in [6, 6.07) is 0. The quantitative estimate of drug-likeness (QED) is 0.695. The summed E-state index contributed by atoms with van der Waals surface area (Å²) in [7, 11) is 0. The number of imide groups is 1. The van der Waals surface area contributed by atoms with E-state index in [0.29, 0.717) is 4.90 Å². The number of carbonyl (C=O) groups is 3. The van der Waals surface area contributed by atoms with E-state index in [9.17, 15) is 14.4 Å². The second-order valence-electron chi connectivity index (χ2n) is 4.44. The highest BCUT2D eigenvalue weighted by atomic mass is 16.6. The van der Waals surface area contributed by atoms with Gasteiger partial charge in [-0.3, -0.25) is 4.79 Å². The van der Waals surface area contributed by atoms with Crippen LogP contribution in [0.2, 0.25) is 0 Å². The summed E-state index contributed by atoms with van der Waals surface area (Å²) in [6.07, 6.45) is -2.41. The monoisotopic (exact) mass is 230 g/mol. The largest absolute Gasteiger partial charge is 0.477 e. The van der Waals surface area contributed by atoms with Crippen LogP contribution in [-0.2, 0) is 14.3 Å². The molecular weight excluding hydrogens is 216 g/mol. The smallest absolute Gasteiger partial charge is 0.422 e. The molecule has 1 saturated heterocycles. The van der Waals surface area contributed by atoms with Crippen LogP contribution in [0.1, 0.15) is 20.8 Å². The molecule has 0 spiro atoms. The van der Waals surface area contributed by atoms with Crippen molar-refractivity contribution in [3.8, 4) is 0 Å². The molecule has 0 aromatic heterocycles. The molecule has 0 bridgehead atoms. The minimum atomic E-state index is -1.48. The number of carboxylic acids is 1. The first-order valence-corrected chi connectivity index (χ1v) is 4.73. The molecule has 1 aliphatic rings. The second-order valence-corrected chi connectivity index (χ2v) is 4.44. The van der Waals surface area contributed by atoms with Gasteiger partial charge in [0.2, 0.25) is 5.91 Å². The van der Waals surface area contributed by atoms with E-state index in [2.05, 4.69) is 10.1 Å². The lowest BCUT2D eigenvalue weighted by Gasteiger charge is -2.35. The van der Waals surface area contributed by atoms with Gasteiger partial charge in [0.15, 0.2) is 0 Å². The van der Waals surface area contributed by atoms with Gasteiger partial charge in [-0.2, -0.15) is 4.90 Å². The zero-order chi connectivity index (χ0) is 12.5. The van der Waals surface area contributed by atoms with E-state index >= 15 is 0 Å². The summed E-state index contributed by atoms with van der Waals surface area (Å²) in [6.45, 7) is 5.44. The molecule has 0 aromatic carbocycles. The third-order valence-electron chi connectivity index (χ3n) is 1.89. The maximum atomic E-state index is 11.5. The van der Waals surface area contributed by atoms with Crippen molar-refractivity contribution in [2.45, 2.75) is 32.5 Å². The van der Waals surface area contributed by atoms with Crippen LogP contribution >= 0.6 is 0 Å². The molecule has 0 unspecified atom stereocenters. The minimum Gasteiger partial charge on any atom is -0.477 e. The number of carbonyl (C=O) groups excluding carboxylic acids is 2. The zero-order valence-corrected chi connectivity index (χ0v) is 9.31. The molecule has 2 amide bonds. The number of amides is 2. The molecule has 0 aliphatic carbocycles. The summed E-state index contributed by atoms with van der Waals surface area (Å²) in [5.41, 5.74) is -0.289. The summed E-state index contributed by atoms with van der Waals surface area (Å²) in [5.74, 6) is -1.97. The van der Waals surface area contributed by atoms with Gasteiger partial charge in [0, 0.05) is 5.54 Å². The predicted molar refractivity (Wildman–Crippen MR) is 52.5 cm³/mol. The molecule has 0 saturated carbocycles. The van der Waals surface area contributed by atoms with Crippen LogP contribution in [0.5, 0.6) is 0 Å². The van der Waals surface area contributed by atoms with Crippen LogP contribution in [0.25, 0.3) is 0 Å². The average Bonchev–Trinajstić information content (AvgIpc) is 2.09. The molecule has 2 N–H and O–H groups in total. The lowest BCUT2D eigenvalue weighted by molar-refractivity contribution is -0.179. The second kappa shape index (κ2) is 4.09. The van der Waals surface area contributed by atoms with Crippen molar-refractivity contribution in [3.05, 3.63) is 0 Å². The SMILES string of the molecule is CC(C)(C)NCC(=O)N1C(=O)O[C@H]1C(=O)O. The molecular formula is C9H14N2O5. The molecule has 1 aliphatic heterocycles. The predicted octanol–water partition coefficient (Wildman–Crippen LogP) is -0.236. The number of nitrogens with zero attached hydrogens (tertiary/aromatic N) is 1. The standard InChI is InChI=1S/C9H14N2O5/c1-9(2,3)10-4-5(12)11-6(7(13)14)16-8(11)15/h6,10H,4H2,1-3H3,(H,13,14)/t6-/m0/s1. The summed E-state index contributed by atoms with van der Waals surface area (Å²) < 4.78 is 4.31. The first-order valence-electron chi connectivity index (χ1n) is 4.73. The Balaban J connectivity index is 2.54. The van der Waals surface area contributed by atoms with Gasteiger partial charge in [-0.1, -0.05) is 0 Å². The van der Waals surface area contributed by atoms with E-state index in [0.717, 1.165) is 0 Å². The zero-order valence-electron chi connectivity index (χ0n) is 9.31. The molecule has 1 heterocycles. The molecule has 7 heteroatoms. The number of cyclic esters (lactones) is 1. The Labute approximate surface area is 92.4 Å². The number of rotatable bonds is 3. The Morgan fingerprint density at radius 2 is 2.06 bits per heavy atom. The van der Waals surface area contributed by atoms with Crippen molar-refractivity contribution in [1.29, 1.82) is 0 Å². The van der Waals surface area contributed by atoms with Crippen LogP contribution in [-0.4, -0.2) is 46.3 Å². The lowest BCUT2D eigenvalue weighted by Crippen LogP contribution is -2.62. The van der Waals surface area contributed by atoms with E-state index in [1.54, 1.807) is 0 Å². The van der Waals surface area contributed by atoms with Crippen LogP contribution in [0.4, 0.5) is 4.79 Å². The highest BCUT2D eigenvalue weighted by Gasteiger charge is 2.48. The van der Waals surface area contributed by atoms with Gasteiger partial charge < -0.3 is 15.2 Å². The fraction of sp³-hybridized carbons (Fsp3) is 0.667. The molecule has 1 rings (SSSR count). The fourth-order valence-corrected chi connectivity index (χ4v) is 1.07. The van der Waals surface area contributed by atoms with E-state index in [1.165, 1.54) is 0 Å². The van der Waals surface area contributed by atoms with Gasteiger partial charge in [-0.25, -0.2) is 9.59 Å². The number of aliphatic carboxylic acids is 1. The first kappa shape index (κ1) is 12.4. The Kier molecular flexibility index (Phi) is 3.18. The molecule has 1 fully saturated rings. The maximum Gasteiger partial charge on any atom is 0.422 e. The normalized spacial score (nSPS) is 20.1. The van der Waals surface area contributed by atoms with Gasteiger partial charge in [0.05, 0.1) is 6.54 Å². The van der Waals surface area contributed by atoms with Crippen molar-refractivity contribution in [2.75, 3.05) is 6.54 Å². The lowest BCUT2D eigenvalue weighted by atomic mass is 10.1. The molecule has 1 atom stereocenters. The van der Waals surface area contributed by atoms with Crippen molar-refractivity contribution >= 4 is 18.0 Å². The molecule has 7 nitrogen and oxygen atoms in total. The summed E-state index contributed by atoms with van der Waals surface area (Å²) in [5, 5.41) is 11.5. The first-order chi connectivity index (χ1) is 7.22. The van der Waals surface area contributed by atoms with E-state index in [1.807, 2.05) is 20.8 Å². The van der Waals surface area contributed by atoms with Crippen LogP contribution < -0.4 is 5.32 Å². The third kappa shape index (κ3) is 2.69. The Morgan fingerprint density at radius 1 is 1.50 bits per heavy atom. The minimum absolute atomic E-state index is 0.109. The fourth-order valence-electron chi connectivity index (χ4n) is 1.07. The van der Waals surface area contributed by atoms with E-state index < -0.39 is 24.2 Å².